The highest BCUT2D eigenvalue weighted by Gasteiger charge is 2.31. The maximum Gasteiger partial charge on any atom is 0.239 e. The number of aryl methyl sites for hydroxylation is 1. The normalized spacial score (nSPS) is 19.6. The lowest BCUT2D eigenvalue weighted by molar-refractivity contribution is -0.141. The Balaban J connectivity index is 1.88. The molecule has 1 saturated heterocycles. The minimum atomic E-state index is -3.17. The third-order valence-electron chi connectivity index (χ3n) is 4.73. The van der Waals surface area contributed by atoms with Crippen LogP contribution in [0.2, 0.25) is 0 Å². The lowest BCUT2D eigenvalue weighted by Crippen LogP contribution is -2.55. The molecule has 1 atom stereocenters. The van der Waals surface area contributed by atoms with Gasteiger partial charge in [-0.3, -0.25) is 9.69 Å². The van der Waals surface area contributed by atoms with Gasteiger partial charge in [0, 0.05) is 40.3 Å². The predicted octanol–water partition coefficient (Wildman–Crippen LogP) is 1.31. The minimum Gasteiger partial charge on any atom is -0.336 e. The molecular formula is C18H29N3O3S. The van der Waals surface area contributed by atoms with Crippen LogP contribution in [0, 0.1) is 6.92 Å². The predicted molar refractivity (Wildman–Crippen MR) is 99.7 cm³/mol. The molecule has 0 radical (unpaired) electrons. The van der Waals surface area contributed by atoms with Crippen molar-refractivity contribution in [1.82, 2.24) is 14.1 Å². The van der Waals surface area contributed by atoms with Crippen molar-refractivity contribution in [1.29, 1.82) is 0 Å². The molecule has 1 amide bonds. The van der Waals surface area contributed by atoms with Crippen molar-refractivity contribution in [2.75, 3.05) is 39.5 Å². The van der Waals surface area contributed by atoms with E-state index in [0.29, 0.717) is 26.1 Å². The molecule has 1 aromatic rings. The first-order chi connectivity index (χ1) is 11.7. The molecule has 25 heavy (non-hydrogen) atoms. The molecule has 1 aliphatic rings. The van der Waals surface area contributed by atoms with Crippen LogP contribution >= 0.6 is 0 Å². The van der Waals surface area contributed by atoms with Crippen molar-refractivity contribution in [3.05, 3.63) is 35.4 Å². The Kier molecular flexibility index (Phi) is 6.59. The molecule has 2 rings (SSSR count). The third-order valence-corrected chi connectivity index (χ3v) is 6.65. The summed E-state index contributed by atoms with van der Waals surface area (Å²) in [6, 6.07) is 8.01. The molecule has 0 aliphatic carbocycles. The summed E-state index contributed by atoms with van der Waals surface area (Å²) in [6.07, 6.45) is 0.538. The molecule has 1 fully saturated rings. The summed E-state index contributed by atoms with van der Waals surface area (Å²) in [5.74, 6) is 0.230. The number of benzene rings is 1. The van der Waals surface area contributed by atoms with Crippen LogP contribution in [0.4, 0.5) is 0 Å². The molecule has 1 aromatic carbocycles. The van der Waals surface area contributed by atoms with E-state index in [0.717, 1.165) is 12.1 Å². The van der Waals surface area contributed by atoms with E-state index in [1.54, 1.807) is 14.1 Å². The lowest BCUT2D eigenvalue weighted by Gasteiger charge is -2.39. The maximum absolute atomic E-state index is 12.7. The number of sulfonamides is 1. The second-order valence-electron chi connectivity index (χ2n) is 6.91. The van der Waals surface area contributed by atoms with Crippen LogP contribution in [0.25, 0.3) is 0 Å². The topological polar surface area (TPSA) is 60.9 Å². The summed E-state index contributed by atoms with van der Waals surface area (Å²) in [7, 11) is -0.0799. The Morgan fingerprint density at radius 3 is 2.60 bits per heavy atom. The van der Waals surface area contributed by atoms with Gasteiger partial charge in [-0.25, -0.2) is 12.7 Å². The van der Waals surface area contributed by atoms with Gasteiger partial charge in [0.1, 0.15) is 0 Å². The highest BCUT2D eigenvalue weighted by Crippen LogP contribution is 2.16. The fourth-order valence-corrected chi connectivity index (χ4v) is 3.96. The van der Waals surface area contributed by atoms with E-state index in [4.69, 9.17) is 0 Å². The van der Waals surface area contributed by atoms with E-state index in [-0.39, 0.29) is 17.7 Å². The van der Waals surface area contributed by atoms with Crippen LogP contribution in [0.15, 0.2) is 24.3 Å². The van der Waals surface area contributed by atoms with Crippen molar-refractivity contribution >= 4 is 15.9 Å². The standard InChI is InChI=1S/C18H29N3O3S/c1-15-7-5-8-17(13-15)14-21-11-10-20(16(2)18(21)22)9-6-12-25(23,24)19(3)4/h5,7-8,13,16H,6,9-12,14H2,1-4H3. The van der Waals surface area contributed by atoms with Gasteiger partial charge in [0.05, 0.1) is 11.8 Å². The number of piperazine rings is 1. The second kappa shape index (κ2) is 8.29. The Morgan fingerprint density at radius 2 is 1.96 bits per heavy atom. The lowest BCUT2D eigenvalue weighted by atomic mass is 10.1. The molecule has 0 spiro atoms. The molecule has 6 nitrogen and oxygen atoms in total. The van der Waals surface area contributed by atoms with E-state index in [1.807, 2.05) is 36.9 Å². The zero-order valence-electron chi connectivity index (χ0n) is 15.6. The number of carbonyl (C=O) groups excluding carboxylic acids is 1. The third kappa shape index (κ3) is 5.26. The van der Waals surface area contributed by atoms with Gasteiger partial charge in [0.15, 0.2) is 0 Å². The number of rotatable bonds is 7. The number of hydrogen-bond donors (Lipinski definition) is 0. The smallest absolute Gasteiger partial charge is 0.239 e. The largest absolute Gasteiger partial charge is 0.336 e. The van der Waals surface area contributed by atoms with Crippen molar-refractivity contribution < 1.29 is 13.2 Å². The molecule has 1 heterocycles. The van der Waals surface area contributed by atoms with Crippen molar-refractivity contribution in [2.24, 2.45) is 0 Å². The maximum atomic E-state index is 12.7. The van der Waals surface area contributed by atoms with E-state index in [1.165, 1.54) is 9.87 Å². The average molecular weight is 368 g/mol. The Morgan fingerprint density at radius 1 is 1.24 bits per heavy atom. The molecule has 0 bridgehead atoms. The second-order valence-corrected chi connectivity index (χ2v) is 9.22. The monoisotopic (exact) mass is 367 g/mol. The first kappa shape index (κ1) is 19.9. The summed E-state index contributed by atoms with van der Waals surface area (Å²) in [6.45, 7) is 6.67. The fourth-order valence-electron chi connectivity index (χ4n) is 3.10. The summed E-state index contributed by atoms with van der Waals surface area (Å²) >= 11 is 0. The van der Waals surface area contributed by atoms with Crippen LogP contribution in [0.3, 0.4) is 0 Å². The molecule has 1 unspecified atom stereocenters. The van der Waals surface area contributed by atoms with E-state index in [9.17, 15) is 13.2 Å². The highest BCUT2D eigenvalue weighted by atomic mass is 32.2. The highest BCUT2D eigenvalue weighted by molar-refractivity contribution is 7.89. The zero-order valence-corrected chi connectivity index (χ0v) is 16.4. The SMILES string of the molecule is Cc1cccc(CN2CCN(CCCS(=O)(=O)N(C)C)C(C)C2=O)c1. The van der Waals surface area contributed by atoms with Crippen molar-refractivity contribution in [3.8, 4) is 0 Å². The minimum absolute atomic E-state index is 0.114. The van der Waals surface area contributed by atoms with Gasteiger partial charge < -0.3 is 4.90 Å². The van der Waals surface area contributed by atoms with E-state index < -0.39 is 10.0 Å². The summed E-state index contributed by atoms with van der Waals surface area (Å²) in [5, 5.41) is 0. The van der Waals surface area contributed by atoms with Gasteiger partial charge in [-0.15, -0.1) is 0 Å². The van der Waals surface area contributed by atoms with E-state index >= 15 is 0 Å². The number of nitrogens with zero attached hydrogens (tertiary/aromatic N) is 3. The molecular weight excluding hydrogens is 338 g/mol. The quantitative estimate of drug-likeness (QED) is 0.729. The van der Waals surface area contributed by atoms with Crippen LogP contribution < -0.4 is 0 Å². The summed E-state index contributed by atoms with van der Waals surface area (Å²) < 4.78 is 24.9. The first-order valence-electron chi connectivity index (χ1n) is 8.69. The Hall–Kier alpha value is -1.44. The van der Waals surface area contributed by atoms with E-state index in [2.05, 4.69) is 11.0 Å². The molecule has 1 aliphatic heterocycles. The van der Waals surface area contributed by atoms with Crippen LogP contribution in [0.5, 0.6) is 0 Å². The number of carbonyl (C=O) groups is 1. The van der Waals surface area contributed by atoms with Gasteiger partial charge in [-0.1, -0.05) is 29.8 Å². The van der Waals surface area contributed by atoms with Gasteiger partial charge in [0.25, 0.3) is 0 Å². The fraction of sp³-hybridized carbons (Fsp3) is 0.611. The first-order valence-corrected chi connectivity index (χ1v) is 10.3. The Bertz CT molecular complexity index is 703. The van der Waals surface area contributed by atoms with Gasteiger partial charge in [-0.05, 0) is 25.8 Å². The zero-order chi connectivity index (χ0) is 18.6. The van der Waals surface area contributed by atoms with Crippen molar-refractivity contribution in [3.63, 3.8) is 0 Å². The van der Waals surface area contributed by atoms with Crippen LogP contribution in [0.1, 0.15) is 24.5 Å². The van der Waals surface area contributed by atoms with Gasteiger partial charge in [-0.2, -0.15) is 0 Å². The summed E-state index contributed by atoms with van der Waals surface area (Å²) in [4.78, 5) is 16.6. The number of amides is 1. The molecule has 140 valence electrons. The summed E-state index contributed by atoms with van der Waals surface area (Å²) in [5.41, 5.74) is 2.34. The Labute approximate surface area is 151 Å². The van der Waals surface area contributed by atoms with Gasteiger partial charge in [0.2, 0.25) is 15.9 Å². The van der Waals surface area contributed by atoms with Gasteiger partial charge >= 0.3 is 0 Å². The van der Waals surface area contributed by atoms with Crippen LogP contribution in [-0.2, 0) is 21.4 Å². The molecule has 0 N–H and O–H groups in total. The van der Waals surface area contributed by atoms with Crippen molar-refractivity contribution in [2.45, 2.75) is 32.9 Å². The molecule has 0 saturated carbocycles. The average Bonchev–Trinajstić information content (AvgIpc) is 2.54. The molecule has 0 aromatic heterocycles. The van der Waals surface area contributed by atoms with Crippen LogP contribution in [-0.4, -0.2) is 74.0 Å². The number of hydrogen-bond acceptors (Lipinski definition) is 4. The molecule has 7 heteroatoms.